The standard InChI is InChI=1S/C18H21FN2O4/c1-12-4-6-16(17(10-12)24-3)25-15-7-5-13(11-14(15)19)20-18(23)21(2)8-9-22/h4-7,10-11,22H,8-9H2,1-3H3,(H,20,23). The first-order chi connectivity index (χ1) is 11.9. The fourth-order valence-electron chi connectivity index (χ4n) is 2.11. The summed E-state index contributed by atoms with van der Waals surface area (Å²) in [4.78, 5) is 13.1. The van der Waals surface area contributed by atoms with E-state index < -0.39 is 11.8 Å². The number of anilines is 1. The van der Waals surface area contributed by atoms with Gasteiger partial charge in [-0.1, -0.05) is 6.07 Å². The molecule has 0 bridgehead atoms. The van der Waals surface area contributed by atoms with Crippen molar-refractivity contribution >= 4 is 11.7 Å². The van der Waals surface area contributed by atoms with Gasteiger partial charge >= 0.3 is 6.03 Å². The fraction of sp³-hybridized carbons (Fsp3) is 0.278. The number of aliphatic hydroxyl groups excluding tert-OH is 1. The van der Waals surface area contributed by atoms with E-state index in [2.05, 4.69) is 5.32 Å². The van der Waals surface area contributed by atoms with Crippen LogP contribution in [-0.4, -0.2) is 43.3 Å². The smallest absolute Gasteiger partial charge is 0.321 e. The number of carbonyl (C=O) groups excluding carboxylic acids is 1. The lowest BCUT2D eigenvalue weighted by Crippen LogP contribution is -2.33. The molecule has 0 saturated heterocycles. The number of ether oxygens (including phenoxy) is 2. The maximum Gasteiger partial charge on any atom is 0.321 e. The second kappa shape index (κ2) is 8.34. The summed E-state index contributed by atoms with van der Waals surface area (Å²) >= 11 is 0. The van der Waals surface area contributed by atoms with E-state index in [9.17, 15) is 9.18 Å². The molecule has 0 saturated carbocycles. The number of methoxy groups -OCH3 is 1. The number of halogens is 1. The van der Waals surface area contributed by atoms with Crippen LogP contribution in [0.25, 0.3) is 0 Å². The first-order valence-electron chi connectivity index (χ1n) is 7.69. The predicted octanol–water partition coefficient (Wildman–Crippen LogP) is 3.39. The molecule has 25 heavy (non-hydrogen) atoms. The molecule has 2 aromatic rings. The number of aryl methyl sites for hydroxylation is 1. The summed E-state index contributed by atoms with van der Waals surface area (Å²) in [5, 5.41) is 11.4. The summed E-state index contributed by atoms with van der Waals surface area (Å²) in [6.07, 6.45) is 0. The lowest BCUT2D eigenvalue weighted by molar-refractivity contribution is 0.202. The van der Waals surface area contributed by atoms with Crippen molar-refractivity contribution in [2.45, 2.75) is 6.92 Å². The van der Waals surface area contributed by atoms with Crippen LogP contribution in [0.3, 0.4) is 0 Å². The maximum absolute atomic E-state index is 14.3. The fourth-order valence-corrected chi connectivity index (χ4v) is 2.11. The van der Waals surface area contributed by atoms with Gasteiger partial charge in [0.15, 0.2) is 23.1 Å². The zero-order valence-electron chi connectivity index (χ0n) is 14.4. The number of nitrogens with one attached hydrogen (secondary N) is 1. The monoisotopic (exact) mass is 348 g/mol. The van der Waals surface area contributed by atoms with Gasteiger partial charge in [0.25, 0.3) is 0 Å². The van der Waals surface area contributed by atoms with Gasteiger partial charge in [0.2, 0.25) is 0 Å². The zero-order chi connectivity index (χ0) is 18.4. The number of aliphatic hydroxyl groups is 1. The minimum atomic E-state index is -0.620. The van der Waals surface area contributed by atoms with Crippen LogP contribution in [0, 0.1) is 12.7 Å². The summed E-state index contributed by atoms with van der Waals surface area (Å²) in [5.41, 5.74) is 1.28. The van der Waals surface area contributed by atoms with Crippen LogP contribution >= 0.6 is 0 Å². The van der Waals surface area contributed by atoms with Crippen molar-refractivity contribution in [1.82, 2.24) is 4.90 Å². The molecule has 0 radical (unpaired) electrons. The van der Waals surface area contributed by atoms with Gasteiger partial charge < -0.3 is 24.8 Å². The molecule has 0 aliphatic rings. The van der Waals surface area contributed by atoms with Gasteiger partial charge in [0.05, 0.1) is 13.7 Å². The summed E-state index contributed by atoms with van der Waals surface area (Å²) in [6.45, 7) is 1.95. The Hall–Kier alpha value is -2.80. The second-order valence-electron chi connectivity index (χ2n) is 5.48. The predicted molar refractivity (Wildman–Crippen MR) is 92.9 cm³/mol. The third-order valence-electron chi connectivity index (χ3n) is 3.50. The lowest BCUT2D eigenvalue weighted by Gasteiger charge is -2.17. The molecule has 2 rings (SSSR count). The normalized spacial score (nSPS) is 10.3. The molecule has 0 heterocycles. The molecule has 2 aromatic carbocycles. The van der Waals surface area contributed by atoms with E-state index in [0.29, 0.717) is 11.5 Å². The van der Waals surface area contributed by atoms with Crippen molar-refractivity contribution in [3.05, 3.63) is 47.8 Å². The van der Waals surface area contributed by atoms with Crippen LogP contribution in [0.4, 0.5) is 14.9 Å². The molecule has 134 valence electrons. The summed E-state index contributed by atoms with van der Waals surface area (Å²) in [5.74, 6) is 0.294. The Labute approximate surface area is 145 Å². The third-order valence-corrected chi connectivity index (χ3v) is 3.50. The maximum atomic E-state index is 14.3. The Morgan fingerprint density at radius 2 is 1.92 bits per heavy atom. The van der Waals surface area contributed by atoms with E-state index in [1.165, 1.54) is 37.3 Å². The molecule has 0 atom stereocenters. The van der Waals surface area contributed by atoms with Crippen LogP contribution in [0.2, 0.25) is 0 Å². The minimum absolute atomic E-state index is 0.0175. The van der Waals surface area contributed by atoms with Crippen LogP contribution in [-0.2, 0) is 0 Å². The van der Waals surface area contributed by atoms with E-state index in [1.807, 2.05) is 13.0 Å². The van der Waals surface area contributed by atoms with Crippen LogP contribution in [0.15, 0.2) is 36.4 Å². The number of hydrogen-bond donors (Lipinski definition) is 2. The summed E-state index contributed by atoms with van der Waals surface area (Å²) in [6, 6.07) is 9.01. The lowest BCUT2D eigenvalue weighted by atomic mass is 10.2. The second-order valence-corrected chi connectivity index (χ2v) is 5.48. The number of benzene rings is 2. The number of carbonyl (C=O) groups is 1. The zero-order valence-corrected chi connectivity index (χ0v) is 14.4. The van der Waals surface area contributed by atoms with Gasteiger partial charge in [-0.3, -0.25) is 0 Å². The molecule has 0 unspecified atom stereocenters. The Morgan fingerprint density at radius 1 is 1.20 bits per heavy atom. The van der Waals surface area contributed by atoms with Crippen LogP contribution in [0.1, 0.15) is 5.56 Å². The van der Waals surface area contributed by atoms with Gasteiger partial charge in [-0.15, -0.1) is 0 Å². The van der Waals surface area contributed by atoms with Crippen molar-refractivity contribution in [1.29, 1.82) is 0 Å². The van der Waals surface area contributed by atoms with Gasteiger partial charge in [-0.05, 0) is 36.8 Å². The number of urea groups is 1. The average molecular weight is 348 g/mol. The average Bonchev–Trinajstić information content (AvgIpc) is 2.58. The van der Waals surface area contributed by atoms with Crippen LogP contribution in [0.5, 0.6) is 17.2 Å². The Morgan fingerprint density at radius 3 is 2.56 bits per heavy atom. The van der Waals surface area contributed by atoms with E-state index >= 15 is 0 Å². The van der Waals surface area contributed by atoms with Crippen molar-refractivity contribution in [3.8, 4) is 17.2 Å². The molecule has 2 amide bonds. The first kappa shape index (κ1) is 18.5. The highest BCUT2D eigenvalue weighted by Crippen LogP contribution is 2.34. The van der Waals surface area contributed by atoms with Crippen LogP contribution < -0.4 is 14.8 Å². The first-order valence-corrected chi connectivity index (χ1v) is 7.69. The number of nitrogens with zero attached hydrogens (tertiary/aromatic N) is 1. The summed E-state index contributed by atoms with van der Waals surface area (Å²) in [7, 11) is 3.04. The van der Waals surface area contributed by atoms with Gasteiger partial charge in [0, 0.05) is 25.3 Å². The third kappa shape index (κ3) is 4.84. The van der Waals surface area contributed by atoms with Crippen molar-refractivity contribution in [2.24, 2.45) is 0 Å². The number of rotatable bonds is 6. The molecule has 0 aliphatic heterocycles. The largest absolute Gasteiger partial charge is 0.493 e. The SMILES string of the molecule is COc1cc(C)ccc1Oc1ccc(NC(=O)N(C)CCO)cc1F. The highest BCUT2D eigenvalue weighted by molar-refractivity contribution is 5.89. The molecular formula is C18H21FN2O4. The minimum Gasteiger partial charge on any atom is -0.493 e. The molecule has 0 aliphatic carbocycles. The highest BCUT2D eigenvalue weighted by Gasteiger charge is 2.13. The van der Waals surface area contributed by atoms with Crippen molar-refractivity contribution < 1.29 is 23.8 Å². The number of hydrogen-bond acceptors (Lipinski definition) is 4. The van der Waals surface area contributed by atoms with E-state index in [4.69, 9.17) is 14.6 Å². The number of amides is 2. The molecule has 7 heteroatoms. The van der Waals surface area contributed by atoms with Gasteiger partial charge in [0.1, 0.15) is 0 Å². The van der Waals surface area contributed by atoms with Crippen molar-refractivity contribution in [3.63, 3.8) is 0 Å². The van der Waals surface area contributed by atoms with E-state index in [0.717, 1.165) is 5.56 Å². The van der Waals surface area contributed by atoms with Crippen molar-refractivity contribution in [2.75, 3.05) is 32.6 Å². The van der Waals surface area contributed by atoms with E-state index in [-0.39, 0.29) is 24.6 Å². The summed E-state index contributed by atoms with van der Waals surface area (Å²) < 4.78 is 25.1. The quantitative estimate of drug-likeness (QED) is 0.839. The van der Waals surface area contributed by atoms with Gasteiger partial charge in [-0.25, -0.2) is 9.18 Å². The molecular weight excluding hydrogens is 327 g/mol. The van der Waals surface area contributed by atoms with E-state index in [1.54, 1.807) is 12.1 Å². The topological polar surface area (TPSA) is 71.0 Å². The Bertz CT molecular complexity index is 752. The van der Waals surface area contributed by atoms with Gasteiger partial charge in [-0.2, -0.15) is 0 Å². The molecule has 0 aromatic heterocycles. The Balaban J connectivity index is 2.13. The highest BCUT2D eigenvalue weighted by atomic mass is 19.1. The molecule has 0 fully saturated rings. The Kier molecular flexibility index (Phi) is 6.19. The molecule has 0 spiro atoms. The number of likely N-dealkylation sites (N-methyl/N-ethyl adjacent to an activating group) is 1. The molecule has 6 nitrogen and oxygen atoms in total. The molecule has 2 N–H and O–H groups in total.